The van der Waals surface area contributed by atoms with Crippen molar-refractivity contribution in [2.45, 2.75) is 18.4 Å². The highest BCUT2D eigenvalue weighted by molar-refractivity contribution is 6.30. The number of fused-ring (bicyclic) bond motifs is 3. The first-order chi connectivity index (χ1) is 10.3. The lowest BCUT2D eigenvalue weighted by Crippen LogP contribution is -2.37. The van der Waals surface area contributed by atoms with E-state index >= 15 is 0 Å². The number of anilines is 1. The van der Waals surface area contributed by atoms with E-state index in [4.69, 9.17) is 16.3 Å². The highest BCUT2D eigenvalue weighted by Crippen LogP contribution is 2.47. The molecule has 1 saturated heterocycles. The van der Waals surface area contributed by atoms with Crippen LogP contribution in [0.4, 0.5) is 5.69 Å². The summed E-state index contributed by atoms with van der Waals surface area (Å²) in [6, 6.07) is 16.8. The van der Waals surface area contributed by atoms with Gasteiger partial charge < -0.3 is 10.1 Å². The van der Waals surface area contributed by atoms with Crippen molar-refractivity contribution in [1.82, 2.24) is 0 Å². The Morgan fingerprint density at radius 2 is 1.95 bits per heavy atom. The number of hydrogen-bond donors (Lipinski definition) is 1. The number of halogens is 1. The first-order valence-electron chi connectivity index (χ1n) is 7.53. The van der Waals surface area contributed by atoms with Gasteiger partial charge in [0.2, 0.25) is 0 Å². The Morgan fingerprint density at radius 3 is 2.81 bits per heavy atom. The van der Waals surface area contributed by atoms with Gasteiger partial charge in [-0.2, -0.15) is 0 Å². The maximum absolute atomic E-state index is 6.18. The molecular formula is C18H18ClNO. The highest BCUT2D eigenvalue weighted by atomic mass is 35.5. The third-order valence-corrected chi connectivity index (χ3v) is 4.94. The van der Waals surface area contributed by atoms with E-state index in [1.54, 1.807) is 0 Å². The molecule has 108 valence electrons. The maximum Gasteiger partial charge on any atom is 0.0896 e. The van der Waals surface area contributed by atoms with E-state index < -0.39 is 0 Å². The van der Waals surface area contributed by atoms with Gasteiger partial charge in [-0.15, -0.1) is 0 Å². The second-order valence-electron chi connectivity index (χ2n) is 5.87. The van der Waals surface area contributed by atoms with E-state index in [0.717, 1.165) is 30.3 Å². The molecular weight excluding hydrogens is 282 g/mol. The van der Waals surface area contributed by atoms with Crippen LogP contribution in [-0.2, 0) is 4.74 Å². The van der Waals surface area contributed by atoms with Crippen LogP contribution >= 0.6 is 11.6 Å². The van der Waals surface area contributed by atoms with Crippen LogP contribution in [0.3, 0.4) is 0 Å². The molecule has 0 spiro atoms. The van der Waals surface area contributed by atoms with Gasteiger partial charge in [-0.05, 0) is 36.1 Å². The van der Waals surface area contributed by atoms with Gasteiger partial charge in [-0.25, -0.2) is 0 Å². The van der Waals surface area contributed by atoms with E-state index in [-0.39, 0.29) is 6.10 Å². The zero-order chi connectivity index (χ0) is 14.2. The fourth-order valence-electron chi connectivity index (χ4n) is 3.71. The first kappa shape index (κ1) is 13.2. The minimum Gasteiger partial charge on any atom is -0.384 e. The molecule has 0 saturated carbocycles. The van der Waals surface area contributed by atoms with Gasteiger partial charge in [-0.1, -0.05) is 41.9 Å². The van der Waals surface area contributed by atoms with Gasteiger partial charge in [0, 0.05) is 35.3 Å². The molecule has 2 unspecified atom stereocenters. The molecule has 2 aliphatic heterocycles. The zero-order valence-corrected chi connectivity index (χ0v) is 12.5. The predicted molar refractivity (Wildman–Crippen MR) is 85.9 cm³/mol. The lowest BCUT2D eigenvalue weighted by molar-refractivity contribution is -0.0381. The van der Waals surface area contributed by atoms with Crippen LogP contribution < -0.4 is 5.32 Å². The molecule has 0 amide bonds. The molecule has 1 N–H and O–H groups in total. The molecule has 2 aromatic rings. The smallest absolute Gasteiger partial charge is 0.0896 e. The molecule has 0 radical (unpaired) electrons. The van der Waals surface area contributed by atoms with Gasteiger partial charge in [0.15, 0.2) is 0 Å². The summed E-state index contributed by atoms with van der Waals surface area (Å²) < 4.78 is 6.12. The fourth-order valence-corrected chi connectivity index (χ4v) is 3.89. The van der Waals surface area contributed by atoms with Gasteiger partial charge in [-0.3, -0.25) is 0 Å². The Bertz CT molecular complexity index is 643. The molecule has 3 heteroatoms. The number of nitrogens with one attached hydrogen (secondary N) is 1. The summed E-state index contributed by atoms with van der Waals surface area (Å²) in [6.07, 6.45) is 1.24. The van der Waals surface area contributed by atoms with Crippen molar-refractivity contribution in [3.63, 3.8) is 0 Å². The fraction of sp³-hybridized carbons (Fsp3) is 0.333. The van der Waals surface area contributed by atoms with Gasteiger partial charge in [0.25, 0.3) is 0 Å². The Kier molecular flexibility index (Phi) is 3.36. The van der Waals surface area contributed by atoms with Crippen molar-refractivity contribution < 1.29 is 4.74 Å². The summed E-state index contributed by atoms with van der Waals surface area (Å²) in [7, 11) is 0. The number of benzene rings is 2. The quantitative estimate of drug-likeness (QED) is 0.829. The molecule has 2 nitrogen and oxygen atoms in total. The van der Waals surface area contributed by atoms with Gasteiger partial charge in [0.05, 0.1) is 6.10 Å². The summed E-state index contributed by atoms with van der Waals surface area (Å²) in [5.41, 5.74) is 3.79. The second-order valence-corrected chi connectivity index (χ2v) is 6.31. The largest absolute Gasteiger partial charge is 0.384 e. The van der Waals surface area contributed by atoms with Crippen LogP contribution in [0, 0.1) is 5.92 Å². The van der Waals surface area contributed by atoms with Crippen molar-refractivity contribution in [2.24, 2.45) is 5.92 Å². The third-order valence-electron chi connectivity index (χ3n) is 4.71. The zero-order valence-electron chi connectivity index (χ0n) is 11.8. The first-order valence-corrected chi connectivity index (χ1v) is 7.90. The van der Waals surface area contributed by atoms with Crippen LogP contribution in [-0.4, -0.2) is 13.2 Å². The summed E-state index contributed by atoms with van der Waals surface area (Å²) in [4.78, 5) is 0. The lowest BCUT2D eigenvalue weighted by Gasteiger charge is -2.42. The van der Waals surface area contributed by atoms with Crippen LogP contribution in [0.2, 0.25) is 5.02 Å². The molecule has 2 aromatic carbocycles. The molecule has 0 aliphatic carbocycles. The van der Waals surface area contributed by atoms with E-state index in [1.807, 2.05) is 12.1 Å². The average molecular weight is 300 g/mol. The van der Waals surface area contributed by atoms with Gasteiger partial charge in [0.1, 0.15) is 0 Å². The van der Waals surface area contributed by atoms with Crippen molar-refractivity contribution in [3.05, 3.63) is 64.7 Å². The summed E-state index contributed by atoms with van der Waals surface area (Å²) in [5.74, 6) is 1.01. The van der Waals surface area contributed by atoms with Crippen LogP contribution in [0.15, 0.2) is 48.5 Å². The Morgan fingerprint density at radius 1 is 1.10 bits per heavy atom. The molecule has 1 fully saturated rings. The van der Waals surface area contributed by atoms with E-state index in [0.29, 0.717) is 11.8 Å². The third kappa shape index (κ3) is 2.33. The number of ether oxygens (including phenoxy) is 1. The average Bonchev–Trinajstić information content (AvgIpc) is 2.55. The maximum atomic E-state index is 6.18. The van der Waals surface area contributed by atoms with E-state index in [9.17, 15) is 0 Å². The monoisotopic (exact) mass is 299 g/mol. The van der Waals surface area contributed by atoms with Crippen LogP contribution in [0.1, 0.15) is 29.6 Å². The Hall–Kier alpha value is -1.51. The van der Waals surface area contributed by atoms with E-state index in [2.05, 4.69) is 41.7 Å². The predicted octanol–water partition coefficient (Wildman–Crippen LogP) is 4.63. The Labute approximate surface area is 130 Å². The number of rotatable bonds is 1. The normalized spacial score (nSPS) is 27.4. The lowest BCUT2D eigenvalue weighted by atomic mass is 9.75. The SMILES string of the molecule is Clc1ccc2c(c1)C1OCC[C@H](c3ccccc3)C1CN2. The molecule has 2 heterocycles. The van der Waals surface area contributed by atoms with Crippen molar-refractivity contribution in [2.75, 3.05) is 18.5 Å². The van der Waals surface area contributed by atoms with Crippen molar-refractivity contribution in [1.29, 1.82) is 0 Å². The summed E-state index contributed by atoms with van der Waals surface area (Å²) >= 11 is 6.18. The van der Waals surface area contributed by atoms with Crippen LogP contribution in [0.5, 0.6) is 0 Å². The van der Waals surface area contributed by atoms with E-state index in [1.165, 1.54) is 11.1 Å². The van der Waals surface area contributed by atoms with Crippen molar-refractivity contribution in [3.8, 4) is 0 Å². The molecule has 2 aliphatic rings. The van der Waals surface area contributed by atoms with Gasteiger partial charge >= 0.3 is 0 Å². The standard InChI is InChI=1S/C18H18ClNO/c19-13-6-7-17-15(10-13)18-16(11-20-17)14(8-9-21-18)12-4-2-1-3-5-12/h1-7,10,14,16,18,20H,8-9,11H2/t14-,16?,18?/m1/s1. The molecule has 0 bridgehead atoms. The summed E-state index contributed by atoms with van der Waals surface area (Å²) in [5, 5.41) is 4.33. The number of hydrogen-bond acceptors (Lipinski definition) is 2. The highest BCUT2D eigenvalue weighted by Gasteiger charge is 2.39. The Balaban J connectivity index is 1.71. The molecule has 4 rings (SSSR count). The minimum absolute atomic E-state index is 0.152. The molecule has 21 heavy (non-hydrogen) atoms. The minimum atomic E-state index is 0.152. The van der Waals surface area contributed by atoms with Crippen molar-refractivity contribution >= 4 is 17.3 Å². The summed E-state index contributed by atoms with van der Waals surface area (Å²) in [6.45, 7) is 1.77. The topological polar surface area (TPSA) is 21.3 Å². The molecule has 3 atom stereocenters. The molecule has 0 aromatic heterocycles. The second kappa shape index (κ2) is 5.36. The van der Waals surface area contributed by atoms with Crippen LogP contribution in [0.25, 0.3) is 0 Å².